The van der Waals surface area contributed by atoms with E-state index in [0.29, 0.717) is 42.7 Å². The quantitative estimate of drug-likeness (QED) is 0.851. The number of benzene rings is 1. The Kier molecular flexibility index (Phi) is 5.23. The van der Waals surface area contributed by atoms with Crippen LogP contribution < -0.4 is 4.74 Å². The van der Waals surface area contributed by atoms with Crippen LogP contribution in [0.1, 0.15) is 10.4 Å². The van der Waals surface area contributed by atoms with Gasteiger partial charge >= 0.3 is 0 Å². The van der Waals surface area contributed by atoms with Crippen molar-refractivity contribution in [3.8, 4) is 5.75 Å². The summed E-state index contributed by atoms with van der Waals surface area (Å²) < 4.78 is 16.1. The van der Waals surface area contributed by atoms with E-state index in [4.69, 9.17) is 25.8 Å². The van der Waals surface area contributed by atoms with Crippen LogP contribution >= 0.6 is 11.6 Å². The average molecular weight is 300 g/mol. The average Bonchev–Trinajstić information content (AvgIpc) is 2.47. The summed E-state index contributed by atoms with van der Waals surface area (Å²) in [5.74, 6) is 0.352. The monoisotopic (exact) mass is 299 g/mol. The highest BCUT2D eigenvalue weighted by molar-refractivity contribution is 6.31. The van der Waals surface area contributed by atoms with Crippen molar-refractivity contribution in [2.45, 2.75) is 6.10 Å². The fourth-order valence-electron chi connectivity index (χ4n) is 2.08. The highest BCUT2D eigenvalue weighted by atomic mass is 35.5. The lowest BCUT2D eigenvalue weighted by molar-refractivity contribution is -0.0933. The summed E-state index contributed by atoms with van der Waals surface area (Å²) in [6.45, 7) is 2.14. The summed E-state index contributed by atoms with van der Waals surface area (Å²) in [4.78, 5) is 14.0. The van der Waals surface area contributed by atoms with Crippen LogP contribution in [0.25, 0.3) is 0 Å². The molecule has 0 N–H and O–H groups in total. The zero-order valence-corrected chi connectivity index (χ0v) is 12.4. The van der Waals surface area contributed by atoms with Crippen LogP contribution in [0.2, 0.25) is 5.02 Å². The molecule has 0 aromatic heterocycles. The maximum Gasteiger partial charge on any atom is 0.257 e. The summed E-state index contributed by atoms with van der Waals surface area (Å²) in [5, 5.41) is 0.500. The fourth-order valence-corrected chi connectivity index (χ4v) is 2.26. The highest BCUT2D eigenvalue weighted by Crippen LogP contribution is 2.24. The van der Waals surface area contributed by atoms with Crippen molar-refractivity contribution in [3.05, 3.63) is 28.8 Å². The van der Waals surface area contributed by atoms with E-state index < -0.39 is 0 Å². The third kappa shape index (κ3) is 3.62. The first-order chi connectivity index (χ1) is 9.61. The van der Waals surface area contributed by atoms with Crippen LogP contribution in [-0.4, -0.2) is 57.4 Å². The van der Waals surface area contributed by atoms with E-state index in [-0.39, 0.29) is 12.0 Å². The number of likely N-dealkylation sites (N-methyl/N-ethyl adjacent to an activating group) is 1. The van der Waals surface area contributed by atoms with Gasteiger partial charge in [-0.3, -0.25) is 4.79 Å². The van der Waals surface area contributed by atoms with Gasteiger partial charge in [-0.1, -0.05) is 11.6 Å². The molecule has 6 heteroatoms. The zero-order valence-electron chi connectivity index (χ0n) is 11.6. The smallest absolute Gasteiger partial charge is 0.257 e. The molecule has 1 saturated heterocycles. The molecule has 1 fully saturated rings. The second kappa shape index (κ2) is 6.92. The third-order valence-electron chi connectivity index (χ3n) is 3.10. The predicted molar refractivity (Wildman–Crippen MR) is 75.5 cm³/mol. The molecule has 0 saturated carbocycles. The molecular weight excluding hydrogens is 282 g/mol. The molecule has 0 radical (unpaired) electrons. The first kappa shape index (κ1) is 15.1. The Hall–Kier alpha value is -1.30. The minimum absolute atomic E-state index is 0.0946. The van der Waals surface area contributed by atoms with Crippen molar-refractivity contribution in [1.29, 1.82) is 0 Å². The minimum Gasteiger partial charge on any atom is -0.496 e. The third-order valence-corrected chi connectivity index (χ3v) is 3.34. The molecule has 110 valence electrons. The van der Waals surface area contributed by atoms with Gasteiger partial charge in [-0.2, -0.15) is 0 Å². The summed E-state index contributed by atoms with van der Waals surface area (Å²) >= 11 is 5.94. The van der Waals surface area contributed by atoms with Crippen LogP contribution in [-0.2, 0) is 9.47 Å². The van der Waals surface area contributed by atoms with Crippen LogP contribution in [0.15, 0.2) is 18.2 Å². The number of amides is 1. The van der Waals surface area contributed by atoms with Crippen molar-refractivity contribution in [1.82, 2.24) is 4.90 Å². The lowest BCUT2D eigenvalue weighted by Gasteiger charge is -2.27. The fraction of sp³-hybridized carbons (Fsp3) is 0.500. The van der Waals surface area contributed by atoms with Gasteiger partial charge in [0.2, 0.25) is 0 Å². The van der Waals surface area contributed by atoms with Crippen LogP contribution in [0.5, 0.6) is 5.75 Å². The molecule has 1 heterocycles. The van der Waals surface area contributed by atoms with Crippen LogP contribution in [0.4, 0.5) is 0 Å². The SMILES string of the molecule is COc1ccc(Cl)cc1C(=O)N(C)C[C@@H]1COCCO1. The molecule has 0 unspecified atom stereocenters. The summed E-state index contributed by atoms with van der Waals surface area (Å²) in [6, 6.07) is 4.98. The number of carbonyl (C=O) groups is 1. The van der Waals surface area contributed by atoms with Gasteiger partial charge in [0.25, 0.3) is 5.91 Å². The van der Waals surface area contributed by atoms with Gasteiger partial charge in [0.15, 0.2) is 0 Å². The number of ether oxygens (including phenoxy) is 3. The van der Waals surface area contributed by atoms with E-state index in [0.717, 1.165) is 0 Å². The van der Waals surface area contributed by atoms with E-state index in [1.54, 1.807) is 30.1 Å². The normalized spacial score (nSPS) is 18.6. The highest BCUT2D eigenvalue weighted by Gasteiger charge is 2.22. The first-order valence-electron chi connectivity index (χ1n) is 6.40. The maximum atomic E-state index is 12.4. The molecule has 20 heavy (non-hydrogen) atoms. The van der Waals surface area contributed by atoms with E-state index in [1.807, 2.05) is 0 Å². The van der Waals surface area contributed by atoms with Gasteiger partial charge in [-0.15, -0.1) is 0 Å². The number of carbonyl (C=O) groups excluding carboxylic acids is 1. The van der Waals surface area contributed by atoms with Crippen molar-refractivity contribution in [2.24, 2.45) is 0 Å². The molecule has 1 aromatic rings. The number of halogens is 1. The van der Waals surface area contributed by atoms with Gasteiger partial charge in [0.1, 0.15) is 5.75 Å². The van der Waals surface area contributed by atoms with E-state index in [1.165, 1.54) is 7.11 Å². The first-order valence-corrected chi connectivity index (χ1v) is 6.78. The molecule has 1 aliphatic heterocycles. The van der Waals surface area contributed by atoms with E-state index in [2.05, 4.69) is 0 Å². The Balaban J connectivity index is 2.07. The van der Waals surface area contributed by atoms with Crippen molar-refractivity contribution < 1.29 is 19.0 Å². The van der Waals surface area contributed by atoms with Gasteiger partial charge in [-0.25, -0.2) is 0 Å². The van der Waals surface area contributed by atoms with Gasteiger partial charge < -0.3 is 19.1 Å². The second-order valence-electron chi connectivity index (χ2n) is 4.60. The molecule has 1 amide bonds. The number of hydrogen-bond acceptors (Lipinski definition) is 4. The number of rotatable bonds is 4. The molecule has 0 bridgehead atoms. The molecule has 5 nitrogen and oxygen atoms in total. The summed E-state index contributed by atoms with van der Waals surface area (Å²) in [6.07, 6.45) is -0.0946. The topological polar surface area (TPSA) is 48.0 Å². The van der Waals surface area contributed by atoms with Gasteiger partial charge in [0.05, 0.1) is 38.6 Å². The Morgan fingerprint density at radius 3 is 2.95 bits per heavy atom. The molecule has 1 aliphatic rings. The predicted octanol–water partition coefficient (Wildman–Crippen LogP) is 1.84. The van der Waals surface area contributed by atoms with E-state index >= 15 is 0 Å². The Morgan fingerprint density at radius 2 is 2.30 bits per heavy atom. The molecule has 2 rings (SSSR count). The minimum atomic E-state index is -0.154. The maximum absolute atomic E-state index is 12.4. The van der Waals surface area contributed by atoms with Crippen LogP contribution in [0.3, 0.4) is 0 Å². The lowest BCUT2D eigenvalue weighted by atomic mass is 10.1. The summed E-state index contributed by atoms with van der Waals surface area (Å²) in [7, 11) is 3.25. The van der Waals surface area contributed by atoms with Gasteiger partial charge in [0, 0.05) is 18.6 Å². The Morgan fingerprint density at radius 1 is 1.50 bits per heavy atom. The number of methoxy groups -OCH3 is 1. The lowest BCUT2D eigenvalue weighted by Crippen LogP contribution is -2.40. The van der Waals surface area contributed by atoms with Crippen molar-refractivity contribution >= 4 is 17.5 Å². The zero-order chi connectivity index (χ0) is 14.5. The molecule has 0 aliphatic carbocycles. The molecule has 1 atom stereocenters. The van der Waals surface area contributed by atoms with Crippen molar-refractivity contribution in [3.63, 3.8) is 0 Å². The molecule has 1 aromatic carbocycles. The molecular formula is C14H18ClNO4. The largest absolute Gasteiger partial charge is 0.496 e. The van der Waals surface area contributed by atoms with Crippen LogP contribution in [0, 0.1) is 0 Å². The number of hydrogen-bond donors (Lipinski definition) is 0. The molecule has 0 spiro atoms. The van der Waals surface area contributed by atoms with Crippen molar-refractivity contribution in [2.75, 3.05) is 40.5 Å². The van der Waals surface area contributed by atoms with Gasteiger partial charge in [-0.05, 0) is 18.2 Å². The van der Waals surface area contributed by atoms with E-state index in [9.17, 15) is 4.79 Å². The Bertz CT molecular complexity index is 474. The summed E-state index contributed by atoms with van der Waals surface area (Å²) in [5.41, 5.74) is 0.444. The second-order valence-corrected chi connectivity index (χ2v) is 5.03. The number of nitrogens with zero attached hydrogens (tertiary/aromatic N) is 1. The standard InChI is InChI=1S/C14H18ClNO4/c1-16(8-11-9-19-5-6-20-11)14(17)12-7-10(15)3-4-13(12)18-2/h3-4,7,11H,5-6,8-9H2,1-2H3/t11-/m1/s1. The Labute approximate surface area is 123 Å².